The van der Waals surface area contributed by atoms with Gasteiger partial charge in [0.15, 0.2) is 0 Å². The minimum absolute atomic E-state index is 0.0435. The summed E-state index contributed by atoms with van der Waals surface area (Å²) in [4.78, 5) is 21.0. The lowest BCUT2D eigenvalue weighted by atomic mass is 10.2. The first-order valence-electron chi connectivity index (χ1n) is 4.99. The molecule has 7 nitrogen and oxygen atoms in total. The molecule has 0 radical (unpaired) electrons. The summed E-state index contributed by atoms with van der Waals surface area (Å²) in [7, 11) is 0. The number of carbonyl (C=O) groups is 2. The molecule has 7 heteroatoms. The Morgan fingerprint density at radius 3 is 2.33 bits per heavy atom. The molecular formula is C11H12N2O5. The van der Waals surface area contributed by atoms with Crippen molar-refractivity contribution in [3.05, 3.63) is 29.8 Å². The van der Waals surface area contributed by atoms with Crippen LogP contribution >= 0.6 is 0 Å². The van der Waals surface area contributed by atoms with E-state index in [9.17, 15) is 14.7 Å². The van der Waals surface area contributed by atoms with E-state index in [1.54, 1.807) is 12.1 Å². The number of carboxylic acids is 2. The van der Waals surface area contributed by atoms with Crippen molar-refractivity contribution < 1.29 is 24.9 Å². The van der Waals surface area contributed by atoms with Gasteiger partial charge in [0.25, 0.3) is 0 Å². The fourth-order valence-electron chi connectivity index (χ4n) is 1.20. The molecule has 1 rings (SSSR count). The van der Waals surface area contributed by atoms with E-state index in [1.807, 2.05) is 0 Å². The third-order valence-electron chi connectivity index (χ3n) is 1.88. The van der Waals surface area contributed by atoms with Crippen molar-refractivity contribution in [1.82, 2.24) is 5.01 Å². The first-order chi connectivity index (χ1) is 8.47. The van der Waals surface area contributed by atoms with Crippen molar-refractivity contribution in [2.45, 2.75) is 0 Å². The van der Waals surface area contributed by atoms with Crippen LogP contribution in [0, 0.1) is 0 Å². The Morgan fingerprint density at radius 2 is 1.83 bits per heavy atom. The second kappa shape index (κ2) is 6.24. The van der Waals surface area contributed by atoms with Gasteiger partial charge in [0.2, 0.25) is 0 Å². The molecule has 3 N–H and O–H groups in total. The van der Waals surface area contributed by atoms with Crippen LogP contribution in [0.3, 0.4) is 0 Å². The van der Waals surface area contributed by atoms with E-state index in [2.05, 4.69) is 5.10 Å². The largest absolute Gasteiger partial charge is 0.508 e. The van der Waals surface area contributed by atoms with Crippen LogP contribution in [0.5, 0.6) is 5.75 Å². The van der Waals surface area contributed by atoms with Gasteiger partial charge in [0.05, 0.1) is 6.21 Å². The zero-order chi connectivity index (χ0) is 13.5. The molecule has 0 amide bonds. The molecule has 0 aromatic heterocycles. The number of benzene rings is 1. The minimum atomic E-state index is -1.18. The minimum Gasteiger partial charge on any atom is -0.508 e. The predicted octanol–water partition coefficient (Wildman–Crippen LogP) is 0.197. The molecule has 18 heavy (non-hydrogen) atoms. The van der Waals surface area contributed by atoms with Gasteiger partial charge in [0.1, 0.15) is 18.8 Å². The van der Waals surface area contributed by atoms with Crippen LogP contribution in [0.4, 0.5) is 0 Å². The topological polar surface area (TPSA) is 110 Å². The maximum Gasteiger partial charge on any atom is 0.324 e. The highest BCUT2D eigenvalue weighted by Gasteiger charge is 2.10. The highest BCUT2D eigenvalue weighted by Crippen LogP contribution is 2.09. The summed E-state index contributed by atoms with van der Waals surface area (Å²) in [5.74, 6) is -2.31. The fourth-order valence-corrected chi connectivity index (χ4v) is 1.20. The van der Waals surface area contributed by atoms with Gasteiger partial charge in [0, 0.05) is 0 Å². The maximum atomic E-state index is 10.5. The van der Waals surface area contributed by atoms with E-state index in [-0.39, 0.29) is 5.75 Å². The Balaban J connectivity index is 2.75. The second-order valence-electron chi connectivity index (χ2n) is 3.45. The molecule has 0 unspecified atom stereocenters. The normalized spacial score (nSPS) is 10.4. The highest BCUT2D eigenvalue weighted by molar-refractivity contribution is 5.80. The third kappa shape index (κ3) is 4.97. The number of hydrogen-bond acceptors (Lipinski definition) is 5. The Morgan fingerprint density at radius 1 is 1.22 bits per heavy atom. The molecule has 96 valence electrons. The van der Waals surface area contributed by atoms with Gasteiger partial charge in [-0.05, 0) is 17.7 Å². The van der Waals surface area contributed by atoms with Crippen molar-refractivity contribution >= 4 is 18.2 Å². The van der Waals surface area contributed by atoms with E-state index >= 15 is 0 Å². The predicted molar refractivity (Wildman–Crippen MR) is 62.5 cm³/mol. The Bertz CT molecular complexity index is 456. The quantitative estimate of drug-likeness (QED) is 0.492. The highest BCUT2D eigenvalue weighted by atomic mass is 16.4. The van der Waals surface area contributed by atoms with Crippen LogP contribution < -0.4 is 0 Å². The number of phenols is 1. The van der Waals surface area contributed by atoms with Gasteiger partial charge >= 0.3 is 11.9 Å². The van der Waals surface area contributed by atoms with Gasteiger partial charge in [-0.2, -0.15) is 5.10 Å². The number of hydrazone groups is 1. The van der Waals surface area contributed by atoms with Gasteiger partial charge in [-0.3, -0.25) is 14.6 Å². The third-order valence-corrected chi connectivity index (χ3v) is 1.88. The van der Waals surface area contributed by atoms with E-state index in [0.29, 0.717) is 5.56 Å². The molecule has 0 saturated heterocycles. The second-order valence-corrected chi connectivity index (χ2v) is 3.45. The summed E-state index contributed by atoms with van der Waals surface area (Å²) < 4.78 is 0. The van der Waals surface area contributed by atoms with E-state index in [4.69, 9.17) is 10.2 Å². The maximum absolute atomic E-state index is 10.5. The molecule has 0 aliphatic carbocycles. The number of aromatic hydroxyl groups is 1. The average Bonchev–Trinajstić information content (AvgIpc) is 2.24. The molecule has 0 fully saturated rings. The van der Waals surface area contributed by atoms with E-state index < -0.39 is 25.0 Å². The van der Waals surface area contributed by atoms with Crippen LogP contribution in [0.15, 0.2) is 29.4 Å². The molecule has 0 bridgehead atoms. The smallest absolute Gasteiger partial charge is 0.324 e. The van der Waals surface area contributed by atoms with Crippen LogP contribution in [0.25, 0.3) is 0 Å². The van der Waals surface area contributed by atoms with Gasteiger partial charge in [-0.1, -0.05) is 12.1 Å². The SMILES string of the molecule is O=C(O)CN(CC(=O)O)/N=C\c1cccc(O)c1. The van der Waals surface area contributed by atoms with Crippen molar-refractivity contribution in [3.8, 4) is 5.75 Å². The molecular weight excluding hydrogens is 240 g/mol. The molecule has 1 aromatic carbocycles. The lowest BCUT2D eigenvalue weighted by Crippen LogP contribution is -2.30. The molecule has 0 aliphatic heterocycles. The van der Waals surface area contributed by atoms with Crippen molar-refractivity contribution in [3.63, 3.8) is 0 Å². The summed E-state index contributed by atoms with van der Waals surface area (Å²) in [6.07, 6.45) is 1.28. The van der Waals surface area contributed by atoms with Crippen LogP contribution in [0.1, 0.15) is 5.56 Å². The standard InChI is InChI=1S/C11H12N2O5/c14-9-3-1-2-8(4-9)5-12-13(6-10(15)16)7-11(17)18/h1-5,14H,6-7H2,(H,15,16)(H,17,18)/b12-5-. The molecule has 0 aliphatic rings. The number of nitrogens with zero attached hydrogens (tertiary/aromatic N) is 2. The van der Waals surface area contributed by atoms with Crippen molar-refractivity contribution in [2.75, 3.05) is 13.1 Å². The summed E-state index contributed by atoms with van der Waals surface area (Å²) in [6, 6.07) is 6.13. The summed E-state index contributed by atoms with van der Waals surface area (Å²) in [6.45, 7) is -1.02. The lowest BCUT2D eigenvalue weighted by molar-refractivity contribution is -0.141. The zero-order valence-electron chi connectivity index (χ0n) is 9.35. The number of hydrogen-bond donors (Lipinski definition) is 3. The Hall–Kier alpha value is -2.57. The molecule has 0 heterocycles. The van der Waals surface area contributed by atoms with Crippen LogP contribution in [-0.4, -0.2) is 51.6 Å². The van der Waals surface area contributed by atoms with Gasteiger partial charge < -0.3 is 15.3 Å². The number of rotatable bonds is 6. The molecule has 1 aromatic rings. The first kappa shape index (κ1) is 13.5. The summed E-state index contributed by atoms with van der Waals surface area (Å²) in [5, 5.41) is 31.0. The van der Waals surface area contributed by atoms with E-state index in [0.717, 1.165) is 5.01 Å². The molecule has 0 atom stereocenters. The van der Waals surface area contributed by atoms with Crippen molar-refractivity contribution in [1.29, 1.82) is 0 Å². The summed E-state index contributed by atoms with van der Waals surface area (Å²) >= 11 is 0. The number of phenolic OH excluding ortho intramolecular Hbond substituents is 1. The lowest BCUT2D eigenvalue weighted by Gasteiger charge is -2.13. The van der Waals surface area contributed by atoms with Crippen molar-refractivity contribution in [2.24, 2.45) is 5.10 Å². The number of aliphatic carboxylic acids is 2. The Labute approximate surface area is 103 Å². The monoisotopic (exact) mass is 252 g/mol. The summed E-state index contributed by atoms with van der Waals surface area (Å²) in [5.41, 5.74) is 0.538. The van der Waals surface area contributed by atoms with Gasteiger partial charge in [-0.25, -0.2) is 0 Å². The zero-order valence-corrected chi connectivity index (χ0v) is 9.35. The Kier molecular flexibility index (Phi) is 4.67. The molecule has 0 spiro atoms. The average molecular weight is 252 g/mol. The van der Waals surface area contributed by atoms with Crippen LogP contribution in [-0.2, 0) is 9.59 Å². The molecule has 0 saturated carbocycles. The van der Waals surface area contributed by atoms with Crippen LogP contribution in [0.2, 0.25) is 0 Å². The fraction of sp³-hybridized carbons (Fsp3) is 0.182. The first-order valence-corrected chi connectivity index (χ1v) is 4.99. The van der Waals surface area contributed by atoms with Gasteiger partial charge in [-0.15, -0.1) is 0 Å². The number of carboxylic acid groups (broad SMARTS) is 2. The van der Waals surface area contributed by atoms with E-state index in [1.165, 1.54) is 18.3 Å².